The topological polar surface area (TPSA) is 147 Å². The van der Waals surface area contributed by atoms with Gasteiger partial charge in [0.2, 0.25) is 11.1 Å². The summed E-state index contributed by atoms with van der Waals surface area (Å²) >= 11 is 0. The molecule has 8 nitrogen and oxygen atoms in total. The van der Waals surface area contributed by atoms with E-state index in [9.17, 15) is 47.4 Å². The van der Waals surface area contributed by atoms with Crippen LogP contribution in [0.25, 0.3) is 77.9 Å². The van der Waals surface area contributed by atoms with Crippen LogP contribution in [-0.4, -0.2) is 9.97 Å². The predicted molar refractivity (Wildman–Crippen MR) is 182 cm³/mol. The molecule has 7 rings (SSSR count). The van der Waals surface area contributed by atoms with Gasteiger partial charge in [-0.2, -0.15) is 47.4 Å². The Hall–Kier alpha value is -7.68. The largest absolute Gasteiger partial charge is 0.434 e. The molecule has 0 radical (unpaired) electrons. The number of halogens is 6. The Morgan fingerprint density at radius 2 is 0.778 bits per heavy atom. The van der Waals surface area contributed by atoms with E-state index in [1.54, 1.807) is 72.8 Å². The Morgan fingerprint density at radius 1 is 0.463 bits per heavy atom. The summed E-state index contributed by atoms with van der Waals surface area (Å²) in [5, 5.41) is 39.0. The lowest BCUT2D eigenvalue weighted by atomic mass is 9.89. The lowest BCUT2D eigenvalue weighted by Gasteiger charge is -2.15. The van der Waals surface area contributed by atoms with E-state index in [0.29, 0.717) is 33.4 Å². The highest BCUT2D eigenvalue weighted by atomic mass is 19.4. The fourth-order valence-corrected chi connectivity index (χ4v) is 6.07. The molecule has 0 aliphatic heterocycles. The van der Waals surface area contributed by atoms with E-state index in [4.69, 9.17) is 8.83 Å². The molecule has 54 heavy (non-hydrogen) atoms. The third kappa shape index (κ3) is 5.94. The van der Waals surface area contributed by atoms with Gasteiger partial charge in [-0.3, -0.25) is 0 Å². The van der Waals surface area contributed by atoms with E-state index in [0.717, 1.165) is 24.3 Å². The summed E-state index contributed by atoms with van der Waals surface area (Å²) in [4.78, 5) is 9.07. The lowest BCUT2D eigenvalue weighted by molar-refractivity contribution is -0.138. The zero-order valence-electron chi connectivity index (χ0n) is 27.0. The molecule has 7 aromatic rings. The standard InChI is InChI=1S/C40H16F6N6O2/c41-39(42,43)25-13-9-21(10-14-25)27-5-1-3-7-29(27)31-33-36(54-37(51-33)23(17-47)18-48)32(34-35(31)53-38(52-34)24(19-49)20-50)30-8-4-2-6-28(30)22-11-15-26(16-12-22)40(44,45)46/h1-16H. The van der Waals surface area contributed by atoms with Gasteiger partial charge in [0, 0.05) is 0 Å². The van der Waals surface area contributed by atoms with Gasteiger partial charge in [0.1, 0.15) is 35.3 Å². The Labute approximate surface area is 299 Å². The number of nitrogens with zero attached hydrogens (tertiary/aromatic N) is 6. The fraction of sp³-hybridized carbons (Fsp3) is 0.0500. The molecule has 0 saturated heterocycles. The quantitative estimate of drug-likeness (QED) is 0.163. The van der Waals surface area contributed by atoms with Gasteiger partial charge >= 0.3 is 12.4 Å². The van der Waals surface area contributed by atoms with Crippen molar-refractivity contribution < 1.29 is 35.2 Å². The van der Waals surface area contributed by atoms with Crippen LogP contribution in [0.1, 0.15) is 11.1 Å². The number of oxazole rings is 2. The first kappa shape index (κ1) is 34.8. The molecule has 260 valence electrons. The number of alkyl halides is 6. The van der Waals surface area contributed by atoms with Crippen LogP contribution in [0.3, 0.4) is 0 Å². The molecule has 0 N–H and O–H groups in total. The fourth-order valence-electron chi connectivity index (χ4n) is 6.07. The molecule has 14 heteroatoms. The van der Waals surface area contributed by atoms with Gasteiger partial charge in [0.25, 0.3) is 0 Å². The molecule has 2 aromatic heterocycles. The van der Waals surface area contributed by atoms with E-state index in [2.05, 4.69) is 9.97 Å². The highest BCUT2D eigenvalue weighted by molar-refractivity contribution is 6.18. The average molecular weight is 727 g/mol. The Bertz CT molecular complexity index is 2660. The molecule has 0 fully saturated rings. The van der Waals surface area contributed by atoms with E-state index in [-0.39, 0.29) is 33.3 Å². The van der Waals surface area contributed by atoms with Crippen LogP contribution in [0.2, 0.25) is 0 Å². The molecule has 0 aliphatic carbocycles. The molecule has 2 heterocycles. The number of nitriles is 4. The average Bonchev–Trinajstić information content (AvgIpc) is 3.79. The second-order valence-corrected chi connectivity index (χ2v) is 11.6. The molecule has 5 aromatic carbocycles. The lowest BCUT2D eigenvalue weighted by Crippen LogP contribution is -2.04. The van der Waals surface area contributed by atoms with Crippen molar-refractivity contribution in [3.05, 3.63) is 119 Å². The number of rotatable bonds is 4. The van der Waals surface area contributed by atoms with Crippen molar-refractivity contribution in [2.45, 2.75) is 12.4 Å². The number of hydrogen-bond acceptors (Lipinski definition) is 8. The molecule has 0 atom stereocenters. The first-order chi connectivity index (χ1) is 25.9. The van der Waals surface area contributed by atoms with Crippen molar-refractivity contribution in [2.24, 2.45) is 0 Å². The van der Waals surface area contributed by atoms with Crippen LogP contribution in [0.15, 0.2) is 106 Å². The van der Waals surface area contributed by atoms with Crippen LogP contribution >= 0.6 is 0 Å². The minimum absolute atomic E-state index is 0.00440. The van der Waals surface area contributed by atoms with Crippen LogP contribution in [-0.2, 0) is 12.4 Å². The molecule has 0 saturated carbocycles. The number of aromatic nitrogens is 2. The van der Waals surface area contributed by atoms with Gasteiger partial charge in [-0.25, -0.2) is 9.97 Å². The molecule has 0 unspecified atom stereocenters. The van der Waals surface area contributed by atoms with E-state index in [1.807, 2.05) is 0 Å². The van der Waals surface area contributed by atoms with Gasteiger partial charge < -0.3 is 8.83 Å². The number of benzene rings is 5. The Kier molecular flexibility index (Phi) is 8.45. The highest BCUT2D eigenvalue weighted by Gasteiger charge is 2.32. The summed E-state index contributed by atoms with van der Waals surface area (Å²) in [5.74, 6) is 0. The predicted octanol–water partition coefficient (Wildman–Crippen LogP) is 9.07. The molecule has 0 amide bonds. The SMILES string of the molecule is N#CC(C#N)=c1nc2c(-c3ccccc3-c3ccc(C(F)(F)F)cc3)c3oc(=C(C#N)C#N)nc3c(-c3ccccc3-c3ccc(C(F)(F)F)cc3)c2o1. The van der Waals surface area contributed by atoms with Crippen molar-refractivity contribution in [1.82, 2.24) is 9.97 Å². The van der Waals surface area contributed by atoms with Crippen molar-refractivity contribution in [3.63, 3.8) is 0 Å². The van der Waals surface area contributed by atoms with Crippen molar-refractivity contribution in [3.8, 4) is 68.8 Å². The summed E-state index contributed by atoms with van der Waals surface area (Å²) in [5.41, 5.74) is -1.31. The van der Waals surface area contributed by atoms with Crippen molar-refractivity contribution in [1.29, 1.82) is 21.0 Å². The summed E-state index contributed by atoms with van der Waals surface area (Å²) in [6.07, 6.45) is -9.19. The summed E-state index contributed by atoms with van der Waals surface area (Å²) in [7, 11) is 0. The zero-order valence-corrected chi connectivity index (χ0v) is 27.0. The summed E-state index contributed by atoms with van der Waals surface area (Å²) in [6.45, 7) is 0. The van der Waals surface area contributed by atoms with E-state index < -0.39 is 45.7 Å². The minimum atomic E-state index is -4.60. The maximum atomic E-state index is 13.5. The first-order valence-corrected chi connectivity index (χ1v) is 15.5. The second-order valence-electron chi connectivity index (χ2n) is 11.6. The van der Waals surface area contributed by atoms with Gasteiger partial charge in [-0.15, -0.1) is 0 Å². The smallest absolute Gasteiger partial charge is 0.416 e. The van der Waals surface area contributed by atoms with Gasteiger partial charge in [-0.05, 0) is 57.6 Å². The van der Waals surface area contributed by atoms with Crippen LogP contribution in [0.5, 0.6) is 0 Å². The van der Waals surface area contributed by atoms with Crippen LogP contribution < -0.4 is 11.1 Å². The molecular weight excluding hydrogens is 710 g/mol. The van der Waals surface area contributed by atoms with Gasteiger partial charge in [0.05, 0.1) is 22.3 Å². The van der Waals surface area contributed by atoms with Crippen LogP contribution in [0, 0.1) is 45.3 Å². The zero-order chi connectivity index (χ0) is 38.4. The Morgan fingerprint density at radius 3 is 1.07 bits per heavy atom. The van der Waals surface area contributed by atoms with E-state index >= 15 is 0 Å². The van der Waals surface area contributed by atoms with E-state index in [1.165, 1.54) is 24.3 Å². The third-order valence-electron chi connectivity index (χ3n) is 8.50. The number of hydrogen-bond donors (Lipinski definition) is 0. The maximum Gasteiger partial charge on any atom is 0.416 e. The molecular formula is C40H16F6N6O2. The van der Waals surface area contributed by atoms with Crippen LogP contribution in [0.4, 0.5) is 26.3 Å². The van der Waals surface area contributed by atoms with Gasteiger partial charge in [-0.1, -0.05) is 72.8 Å². The summed E-state index contributed by atoms with van der Waals surface area (Å²) < 4.78 is 93.1. The third-order valence-corrected chi connectivity index (χ3v) is 8.50. The maximum absolute atomic E-state index is 13.5. The van der Waals surface area contributed by atoms with Crippen molar-refractivity contribution >= 4 is 33.3 Å². The highest BCUT2D eigenvalue weighted by Crippen LogP contribution is 2.47. The summed E-state index contributed by atoms with van der Waals surface area (Å²) in [6, 6.07) is 28.8. The van der Waals surface area contributed by atoms with Crippen molar-refractivity contribution in [2.75, 3.05) is 0 Å². The Balaban J connectivity index is 1.65. The molecule has 0 aliphatic rings. The molecule has 0 bridgehead atoms. The monoisotopic (exact) mass is 726 g/mol. The first-order valence-electron chi connectivity index (χ1n) is 15.5. The molecule has 0 spiro atoms. The normalized spacial score (nSPS) is 11.4. The van der Waals surface area contributed by atoms with Gasteiger partial charge in [0.15, 0.2) is 22.3 Å². The second kappa shape index (κ2) is 13.1. The minimum Gasteiger partial charge on any atom is -0.434 e. The number of fused-ring (bicyclic) bond motifs is 2.